The molecule has 2 amide bonds. The first-order valence-electron chi connectivity index (χ1n) is 7.53. The Morgan fingerprint density at radius 2 is 2.23 bits per heavy atom. The molecule has 2 heterocycles. The van der Waals surface area contributed by atoms with E-state index in [9.17, 15) is 9.59 Å². The molecule has 6 heteroatoms. The molecule has 4 rings (SSSR count). The maximum absolute atomic E-state index is 12.3. The van der Waals surface area contributed by atoms with Crippen LogP contribution in [0.2, 0.25) is 0 Å². The van der Waals surface area contributed by atoms with Crippen LogP contribution in [0.15, 0.2) is 18.2 Å². The third kappa shape index (κ3) is 2.10. The van der Waals surface area contributed by atoms with Crippen molar-refractivity contribution in [3.63, 3.8) is 0 Å². The first kappa shape index (κ1) is 13.7. The van der Waals surface area contributed by atoms with Gasteiger partial charge >= 0.3 is 0 Å². The first-order chi connectivity index (χ1) is 10.6. The number of benzene rings is 1. The number of nitrogens with two attached hydrogens (primary N) is 1. The number of thiophene rings is 1. The number of nitrogens with one attached hydrogen (secondary N) is 2. The van der Waals surface area contributed by atoms with E-state index in [4.69, 9.17) is 5.73 Å². The summed E-state index contributed by atoms with van der Waals surface area (Å²) in [4.78, 5) is 25.0. The zero-order chi connectivity index (χ0) is 15.3. The average Bonchev–Trinajstić information content (AvgIpc) is 2.90. The normalized spacial score (nSPS) is 23.6. The Labute approximate surface area is 131 Å². The van der Waals surface area contributed by atoms with E-state index in [1.807, 2.05) is 18.2 Å². The number of carbonyl (C=O) groups is 2. The fourth-order valence-corrected chi connectivity index (χ4v) is 4.21. The molecule has 1 aliphatic heterocycles. The summed E-state index contributed by atoms with van der Waals surface area (Å²) in [7, 11) is 0. The van der Waals surface area contributed by atoms with Gasteiger partial charge in [0.1, 0.15) is 0 Å². The summed E-state index contributed by atoms with van der Waals surface area (Å²) in [5.41, 5.74) is 7.58. The molecule has 0 radical (unpaired) electrons. The van der Waals surface area contributed by atoms with Gasteiger partial charge in [-0.25, -0.2) is 0 Å². The lowest BCUT2D eigenvalue weighted by molar-refractivity contribution is 0.0904. The highest BCUT2D eigenvalue weighted by molar-refractivity contribution is 7.21. The predicted octanol–water partition coefficient (Wildman–Crippen LogP) is 1.41. The highest BCUT2D eigenvalue weighted by Gasteiger charge is 2.29. The number of hydrogen-bond donors (Lipinski definition) is 3. The van der Waals surface area contributed by atoms with E-state index in [-0.39, 0.29) is 23.9 Å². The molecule has 2 atom stereocenters. The van der Waals surface area contributed by atoms with Crippen molar-refractivity contribution in [1.29, 1.82) is 0 Å². The molecule has 0 unspecified atom stereocenters. The van der Waals surface area contributed by atoms with Gasteiger partial charge in [0, 0.05) is 28.9 Å². The van der Waals surface area contributed by atoms with E-state index in [1.54, 1.807) is 0 Å². The Morgan fingerprint density at radius 1 is 1.36 bits per heavy atom. The molecule has 2 aliphatic rings. The number of amides is 2. The van der Waals surface area contributed by atoms with Crippen LogP contribution < -0.4 is 16.4 Å². The highest BCUT2D eigenvalue weighted by Crippen LogP contribution is 2.34. The fraction of sp³-hybridized carbons (Fsp3) is 0.375. The van der Waals surface area contributed by atoms with E-state index in [2.05, 4.69) is 10.6 Å². The second kappa shape index (κ2) is 5.07. The summed E-state index contributed by atoms with van der Waals surface area (Å²) >= 11 is 1.49. The van der Waals surface area contributed by atoms with E-state index in [0.29, 0.717) is 12.1 Å². The van der Waals surface area contributed by atoms with Crippen LogP contribution in [-0.2, 0) is 6.42 Å². The molecule has 0 bridgehead atoms. The molecule has 1 fully saturated rings. The molecule has 22 heavy (non-hydrogen) atoms. The van der Waals surface area contributed by atoms with Gasteiger partial charge in [-0.1, -0.05) is 0 Å². The summed E-state index contributed by atoms with van der Waals surface area (Å²) in [6, 6.07) is 5.82. The predicted molar refractivity (Wildman–Crippen MR) is 86.3 cm³/mol. The molecule has 0 saturated heterocycles. The van der Waals surface area contributed by atoms with Gasteiger partial charge in [0.05, 0.1) is 4.88 Å². The quantitative estimate of drug-likeness (QED) is 0.783. The van der Waals surface area contributed by atoms with Crippen LogP contribution in [0, 0.1) is 0 Å². The Morgan fingerprint density at radius 3 is 2.95 bits per heavy atom. The van der Waals surface area contributed by atoms with Gasteiger partial charge in [-0.2, -0.15) is 0 Å². The lowest BCUT2D eigenvalue weighted by atomic mass is 9.87. The van der Waals surface area contributed by atoms with Gasteiger partial charge in [0.25, 0.3) is 11.8 Å². The minimum Gasteiger partial charge on any atom is -0.351 e. The molecule has 1 aromatic heterocycles. The minimum atomic E-state index is -0.0812. The molecule has 5 nitrogen and oxygen atoms in total. The molecular formula is C16H17N3O2S. The van der Waals surface area contributed by atoms with Crippen LogP contribution in [0.25, 0.3) is 10.1 Å². The van der Waals surface area contributed by atoms with Gasteiger partial charge in [-0.05, 0) is 48.4 Å². The average molecular weight is 315 g/mol. The summed E-state index contributed by atoms with van der Waals surface area (Å²) in [5.74, 6) is -0.0869. The molecule has 1 aliphatic carbocycles. The fourth-order valence-electron chi connectivity index (χ4n) is 3.06. The van der Waals surface area contributed by atoms with E-state index < -0.39 is 0 Å². The van der Waals surface area contributed by atoms with Gasteiger partial charge in [-0.15, -0.1) is 11.3 Å². The second-order valence-corrected chi connectivity index (χ2v) is 7.00. The maximum atomic E-state index is 12.3. The standard InChI is InChI=1S/C16H17N3O2S/c17-11-2-3-12(11)19-15(20)8-1-4-13-10(7-8)9-5-6-18-16(21)14(9)22-13/h1,4,7,11-12H,2-3,5-6,17H2,(H,18,21)(H,19,20)/t11-,12+/m1/s1. The number of carbonyl (C=O) groups excluding carboxylic acids is 2. The third-order valence-corrected chi connectivity index (χ3v) is 5.78. The van der Waals surface area contributed by atoms with Crippen LogP contribution in [0.5, 0.6) is 0 Å². The summed E-state index contributed by atoms with van der Waals surface area (Å²) in [6.07, 6.45) is 2.74. The SMILES string of the molecule is N[C@@H]1CC[C@@H]1NC(=O)c1ccc2sc3c(c2c1)CCNC3=O. The van der Waals surface area contributed by atoms with Gasteiger partial charge in [-0.3, -0.25) is 9.59 Å². The smallest absolute Gasteiger partial charge is 0.261 e. The number of hydrogen-bond acceptors (Lipinski definition) is 4. The summed E-state index contributed by atoms with van der Waals surface area (Å²) in [5, 5.41) is 6.88. The molecule has 4 N–H and O–H groups in total. The van der Waals surface area contributed by atoms with E-state index in [1.165, 1.54) is 11.3 Å². The molecule has 1 saturated carbocycles. The van der Waals surface area contributed by atoms with Crippen molar-refractivity contribution in [3.05, 3.63) is 34.2 Å². The largest absolute Gasteiger partial charge is 0.351 e. The molecule has 114 valence electrons. The lowest BCUT2D eigenvalue weighted by Crippen LogP contribution is -2.54. The van der Waals surface area contributed by atoms with Gasteiger partial charge < -0.3 is 16.4 Å². The van der Waals surface area contributed by atoms with Gasteiger partial charge in [0.2, 0.25) is 0 Å². The van der Waals surface area contributed by atoms with E-state index in [0.717, 1.165) is 39.8 Å². The number of rotatable bonds is 2. The Kier molecular flexibility index (Phi) is 3.16. The lowest BCUT2D eigenvalue weighted by Gasteiger charge is -2.34. The zero-order valence-electron chi connectivity index (χ0n) is 12.0. The number of fused-ring (bicyclic) bond motifs is 3. The Balaban J connectivity index is 1.68. The van der Waals surface area contributed by atoms with E-state index >= 15 is 0 Å². The van der Waals surface area contributed by atoms with Crippen molar-refractivity contribution in [1.82, 2.24) is 10.6 Å². The molecule has 0 spiro atoms. The van der Waals surface area contributed by atoms with Crippen molar-refractivity contribution in [2.24, 2.45) is 5.73 Å². The Bertz CT molecular complexity index is 783. The van der Waals surface area contributed by atoms with Crippen molar-refractivity contribution in [2.45, 2.75) is 31.3 Å². The Hall–Kier alpha value is -1.92. The third-order valence-electron chi connectivity index (χ3n) is 4.56. The van der Waals surface area contributed by atoms with Crippen molar-refractivity contribution in [3.8, 4) is 0 Å². The van der Waals surface area contributed by atoms with Crippen LogP contribution >= 0.6 is 11.3 Å². The van der Waals surface area contributed by atoms with Crippen LogP contribution in [0.4, 0.5) is 0 Å². The minimum absolute atomic E-state index is 0.00565. The van der Waals surface area contributed by atoms with Crippen LogP contribution in [0.3, 0.4) is 0 Å². The van der Waals surface area contributed by atoms with Crippen LogP contribution in [0.1, 0.15) is 38.4 Å². The zero-order valence-corrected chi connectivity index (χ0v) is 12.8. The highest BCUT2D eigenvalue weighted by atomic mass is 32.1. The van der Waals surface area contributed by atoms with Crippen LogP contribution in [-0.4, -0.2) is 30.4 Å². The van der Waals surface area contributed by atoms with Crippen molar-refractivity contribution >= 4 is 33.2 Å². The topological polar surface area (TPSA) is 84.2 Å². The monoisotopic (exact) mass is 315 g/mol. The molecule has 2 aromatic rings. The van der Waals surface area contributed by atoms with Gasteiger partial charge in [0.15, 0.2) is 0 Å². The van der Waals surface area contributed by atoms with Crippen molar-refractivity contribution in [2.75, 3.05) is 6.54 Å². The maximum Gasteiger partial charge on any atom is 0.261 e. The summed E-state index contributed by atoms with van der Waals surface area (Å²) in [6.45, 7) is 0.658. The molecular weight excluding hydrogens is 298 g/mol. The summed E-state index contributed by atoms with van der Waals surface area (Å²) < 4.78 is 1.05. The van der Waals surface area contributed by atoms with Crippen molar-refractivity contribution < 1.29 is 9.59 Å². The molecule has 1 aromatic carbocycles. The second-order valence-electron chi connectivity index (χ2n) is 5.95. The first-order valence-corrected chi connectivity index (χ1v) is 8.35.